The van der Waals surface area contributed by atoms with Crippen molar-refractivity contribution < 1.29 is 5.11 Å². The zero-order valence-electron chi connectivity index (χ0n) is 13.1. The maximum Gasteiger partial charge on any atom is 0.0914 e. The molecule has 0 amide bonds. The highest BCUT2D eigenvalue weighted by Crippen LogP contribution is 2.14. The predicted molar refractivity (Wildman–Crippen MR) is 88.5 cm³/mol. The van der Waals surface area contributed by atoms with Gasteiger partial charge in [-0.3, -0.25) is 0 Å². The number of hydrogen-bond acceptors (Lipinski definition) is 2. The zero-order valence-corrected chi connectivity index (χ0v) is 13.1. The van der Waals surface area contributed by atoms with Gasteiger partial charge in [0, 0.05) is 12.6 Å². The van der Waals surface area contributed by atoms with Gasteiger partial charge in [0.25, 0.3) is 0 Å². The van der Waals surface area contributed by atoms with Crippen molar-refractivity contribution >= 4 is 0 Å². The molecule has 112 valence electrons. The highest BCUT2D eigenvalue weighted by Gasteiger charge is 2.10. The fraction of sp³-hybridized carbons (Fsp3) is 0.368. The SMILES string of the molecule is Cc1ccc(CC(C)NCC(O)c2ccccc2)c(C)c1. The molecule has 0 saturated carbocycles. The lowest BCUT2D eigenvalue weighted by Crippen LogP contribution is -2.32. The Kier molecular flexibility index (Phi) is 5.54. The lowest BCUT2D eigenvalue weighted by atomic mass is 9.99. The molecule has 2 unspecified atom stereocenters. The number of aliphatic hydroxyl groups is 1. The zero-order chi connectivity index (χ0) is 15.2. The van der Waals surface area contributed by atoms with Gasteiger partial charge in [-0.25, -0.2) is 0 Å². The van der Waals surface area contributed by atoms with Crippen molar-refractivity contribution in [3.8, 4) is 0 Å². The van der Waals surface area contributed by atoms with Gasteiger partial charge < -0.3 is 10.4 Å². The Morgan fingerprint density at radius 3 is 2.43 bits per heavy atom. The Hall–Kier alpha value is -1.64. The summed E-state index contributed by atoms with van der Waals surface area (Å²) in [5.74, 6) is 0. The molecule has 0 aliphatic carbocycles. The van der Waals surface area contributed by atoms with E-state index in [0.29, 0.717) is 12.6 Å². The van der Waals surface area contributed by atoms with Crippen LogP contribution in [0.25, 0.3) is 0 Å². The van der Waals surface area contributed by atoms with Gasteiger partial charge in [-0.2, -0.15) is 0 Å². The fourth-order valence-corrected chi connectivity index (χ4v) is 2.58. The summed E-state index contributed by atoms with van der Waals surface area (Å²) in [6, 6.07) is 16.7. The van der Waals surface area contributed by atoms with E-state index in [-0.39, 0.29) is 0 Å². The van der Waals surface area contributed by atoms with Gasteiger partial charge in [-0.15, -0.1) is 0 Å². The van der Waals surface area contributed by atoms with Crippen molar-refractivity contribution in [3.05, 3.63) is 70.8 Å². The summed E-state index contributed by atoms with van der Waals surface area (Å²) in [7, 11) is 0. The number of nitrogens with one attached hydrogen (secondary N) is 1. The first-order valence-corrected chi connectivity index (χ1v) is 7.59. The normalized spacial score (nSPS) is 13.9. The van der Waals surface area contributed by atoms with E-state index in [1.165, 1.54) is 16.7 Å². The lowest BCUT2D eigenvalue weighted by molar-refractivity contribution is 0.170. The second-order valence-electron chi connectivity index (χ2n) is 5.87. The average Bonchev–Trinajstić information content (AvgIpc) is 2.48. The Morgan fingerprint density at radius 2 is 1.76 bits per heavy atom. The molecular formula is C19H25NO. The van der Waals surface area contributed by atoms with Crippen molar-refractivity contribution in [2.45, 2.75) is 39.3 Å². The quantitative estimate of drug-likeness (QED) is 0.849. The molecule has 21 heavy (non-hydrogen) atoms. The van der Waals surface area contributed by atoms with E-state index < -0.39 is 6.10 Å². The van der Waals surface area contributed by atoms with Crippen LogP contribution in [0.4, 0.5) is 0 Å². The van der Waals surface area contributed by atoms with E-state index in [0.717, 1.165) is 12.0 Å². The van der Waals surface area contributed by atoms with Crippen molar-refractivity contribution in [2.75, 3.05) is 6.54 Å². The van der Waals surface area contributed by atoms with E-state index in [9.17, 15) is 5.11 Å². The first kappa shape index (κ1) is 15.7. The van der Waals surface area contributed by atoms with E-state index in [1.807, 2.05) is 30.3 Å². The summed E-state index contributed by atoms with van der Waals surface area (Å²) < 4.78 is 0. The van der Waals surface area contributed by atoms with Gasteiger partial charge in [0.15, 0.2) is 0 Å². The minimum Gasteiger partial charge on any atom is -0.387 e. The summed E-state index contributed by atoms with van der Waals surface area (Å²) in [6.07, 6.45) is 0.529. The van der Waals surface area contributed by atoms with Gasteiger partial charge in [-0.05, 0) is 43.9 Å². The van der Waals surface area contributed by atoms with Crippen LogP contribution in [0.2, 0.25) is 0 Å². The minimum absolute atomic E-state index is 0.338. The van der Waals surface area contributed by atoms with Crippen LogP contribution in [-0.2, 0) is 6.42 Å². The largest absolute Gasteiger partial charge is 0.387 e. The van der Waals surface area contributed by atoms with Crippen molar-refractivity contribution in [1.82, 2.24) is 5.32 Å². The Labute approximate surface area is 127 Å². The summed E-state index contributed by atoms with van der Waals surface area (Å²) in [4.78, 5) is 0. The molecule has 2 aromatic rings. The average molecular weight is 283 g/mol. The summed E-state index contributed by atoms with van der Waals surface area (Å²) >= 11 is 0. The highest BCUT2D eigenvalue weighted by atomic mass is 16.3. The Morgan fingerprint density at radius 1 is 1.05 bits per heavy atom. The molecule has 0 bridgehead atoms. The standard InChI is InChI=1S/C19H25NO/c1-14-9-10-18(15(2)11-14)12-16(3)20-13-19(21)17-7-5-4-6-8-17/h4-11,16,19-21H,12-13H2,1-3H3. The van der Waals surface area contributed by atoms with Gasteiger partial charge in [0.2, 0.25) is 0 Å². The molecule has 0 radical (unpaired) electrons. The highest BCUT2D eigenvalue weighted by molar-refractivity contribution is 5.31. The monoisotopic (exact) mass is 283 g/mol. The Balaban J connectivity index is 1.86. The van der Waals surface area contributed by atoms with E-state index in [1.54, 1.807) is 0 Å². The number of rotatable bonds is 6. The summed E-state index contributed by atoms with van der Waals surface area (Å²) in [6.45, 7) is 7.02. The third-order valence-corrected chi connectivity index (χ3v) is 3.87. The first-order valence-electron chi connectivity index (χ1n) is 7.59. The molecule has 2 aromatic carbocycles. The molecule has 2 atom stereocenters. The second kappa shape index (κ2) is 7.39. The summed E-state index contributed by atoms with van der Waals surface area (Å²) in [5, 5.41) is 13.6. The minimum atomic E-state index is -0.451. The van der Waals surface area contributed by atoms with E-state index in [4.69, 9.17) is 0 Å². The topological polar surface area (TPSA) is 32.3 Å². The molecule has 2 N–H and O–H groups in total. The number of hydrogen-bond donors (Lipinski definition) is 2. The number of aliphatic hydroxyl groups excluding tert-OH is 1. The van der Waals surface area contributed by atoms with Crippen LogP contribution in [-0.4, -0.2) is 17.7 Å². The number of aryl methyl sites for hydroxylation is 2. The van der Waals surface area contributed by atoms with Crippen LogP contribution in [0.5, 0.6) is 0 Å². The maximum atomic E-state index is 10.2. The molecule has 0 aliphatic heterocycles. The smallest absolute Gasteiger partial charge is 0.0914 e. The Bertz CT molecular complexity index is 565. The third kappa shape index (κ3) is 4.69. The molecule has 0 saturated heterocycles. The van der Waals surface area contributed by atoms with Crippen LogP contribution in [0.15, 0.2) is 48.5 Å². The lowest BCUT2D eigenvalue weighted by Gasteiger charge is -2.18. The van der Waals surface area contributed by atoms with Crippen molar-refractivity contribution in [3.63, 3.8) is 0 Å². The molecule has 0 heterocycles. The molecule has 0 spiro atoms. The van der Waals surface area contributed by atoms with Crippen LogP contribution < -0.4 is 5.32 Å². The van der Waals surface area contributed by atoms with E-state index >= 15 is 0 Å². The number of benzene rings is 2. The molecule has 0 aliphatic rings. The van der Waals surface area contributed by atoms with Crippen LogP contribution in [0.3, 0.4) is 0 Å². The van der Waals surface area contributed by atoms with Crippen LogP contribution >= 0.6 is 0 Å². The van der Waals surface area contributed by atoms with Gasteiger partial charge in [0.05, 0.1) is 6.10 Å². The molecule has 2 nitrogen and oxygen atoms in total. The molecule has 2 rings (SSSR count). The molecule has 0 aromatic heterocycles. The van der Waals surface area contributed by atoms with Gasteiger partial charge in [-0.1, -0.05) is 54.1 Å². The second-order valence-corrected chi connectivity index (χ2v) is 5.87. The van der Waals surface area contributed by atoms with E-state index in [2.05, 4.69) is 44.3 Å². The van der Waals surface area contributed by atoms with Crippen LogP contribution in [0, 0.1) is 13.8 Å². The van der Waals surface area contributed by atoms with Crippen molar-refractivity contribution in [1.29, 1.82) is 0 Å². The predicted octanol–water partition coefficient (Wildman–Crippen LogP) is 3.56. The molecular weight excluding hydrogens is 258 g/mol. The molecule has 2 heteroatoms. The van der Waals surface area contributed by atoms with Crippen molar-refractivity contribution in [2.24, 2.45) is 0 Å². The van der Waals surface area contributed by atoms with Gasteiger partial charge in [0.1, 0.15) is 0 Å². The van der Waals surface area contributed by atoms with Crippen LogP contribution in [0.1, 0.15) is 35.3 Å². The maximum absolute atomic E-state index is 10.2. The third-order valence-electron chi connectivity index (χ3n) is 3.87. The van der Waals surface area contributed by atoms with Gasteiger partial charge >= 0.3 is 0 Å². The summed E-state index contributed by atoms with van der Waals surface area (Å²) in [5.41, 5.74) is 4.97. The first-order chi connectivity index (χ1) is 10.1. The fourth-order valence-electron chi connectivity index (χ4n) is 2.58. The molecule has 0 fully saturated rings.